The van der Waals surface area contributed by atoms with Gasteiger partial charge < -0.3 is 15.5 Å². The summed E-state index contributed by atoms with van der Waals surface area (Å²) in [6.07, 6.45) is 5.45. The van der Waals surface area contributed by atoms with Crippen LogP contribution in [-0.4, -0.2) is 51.7 Å². The molecule has 2 aromatic rings. The van der Waals surface area contributed by atoms with E-state index in [9.17, 15) is 0 Å². The van der Waals surface area contributed by atoms with Gasteiger partial charge in [0.2, 0.25) is 0 Å². The zero-order chi connectivity index (χ0) is 25.8. The van der Waals surface area contributed by atoms with E-state index in [1.54, 1.807) is 6.07 Å². The Balaban J connectivity index is -0.000000268. The molecule has 0 unspecified atom stereocenters. The van der Waals surface area contributed by atoms with E-state index < -0.39 is 20.5 Å². The average Bonchev–Trinajstić information content (AvgIpc) is 2.70. The molecule has 0 aliphatic heterocycles. The van der Waals surface area contributed by atoms with E-state index in [1.165, 1.54) is 6.92 Å². The Morgan fingerprint density at radius 3 is 1.34 bits per heavy atom. The number of hydrogen-bond acceptors (Lipinski definition) is 13. The minimum Gasteiger partial charge on any atom is -0.412 e. The molecule has 0 bridgehead atoms. The number of pyridine rings is 2. The van der Waals surface area contributed by atoms with E-state index >= 15 is 0 Å². The van der Waals surface area contributed by atoms with Gasteiger partial charge in [0.05, 0.1) is 12.7 Å². The van der Waals surface area contributed by atoms with Crippen LogP contribution in [0, 0.1) is 31.8 Å². The second kappa shape index (κ2) is 24.3. The van der Waals surface area contributed by atoms with E-state index in [-0.39, 0.29) is 31.6 Å². The molecular weight excluding hydrogens is 569 g/mol. The first-order valence-electron chi connectivity index (χ1n) is 8.97. The zero-order valence-electron chi connectivity index (χ0n) is 18.8. The number of hydrogen-bond donors (Lipinski definition) is 1. The van der Waals surface area contributed by atoms with Crippen LogP contribution in [0.15, 0.2) is 48.8 Å². The van der Waals surface area contributed by atoms with Crippen LogP contribution >= 0.6 is 0 Å². The molecule has 2 aromatic heterocycles. The third-order valence-corrected chi connectivity index (χ3v) is 3.24. The molecule has 14 nitrogen and oxygen atoms in total. The van der Waals surface area contributed by atoms with Gasteiger partial charge in [0.25, 0.3) is 0 Å². The minimum absolute atomic E-state index is 0. The van der Waals surface area contributed by atoms with Gasteiger partial charge >= 0.3 is 19.5 Å². The maximum atomic E-state index is 9.16. The molecule has 0 saturated heterocycles. The maximum Gasteiger partial charge on any atom is 2.00 e. The molecule has 0 radical (unpaired) electrons. The Bertz CT molecular complexity index is 683. The summed E-state index contributed by atoms with van der Waals surface area (Å²) in [4.78, 5) is 10.9. The number of halogens is 2. The van der Waals surface area contributed by atoms with Gasteiger partial charge in [-0.2, -0.15) is 5.26 Å². The third-order valence-electron chi connectivity index (χ3n) is 3.24. The molecule has 2 heterocycles. The van der Waals surface area contributed by atoms with Gasteiger partial charge in [-0.1, -0.05) is 12.1 Å². The van der Waals surface area contributed by atoms with Gasteiger partial charge in [-0.25, -0.2) is 37.3 Å². The molecule has 0 amide bonds. The van der Waals surface area contributed by atoms with Crippen molar-refractivity contribution < 1.29 is 87.8 Å². The molecule has 3 N–H and O–H groups in total. The summed E-state index contributed by atoms with van der Waals surface area (Å²) in [7, 11) is -9.89. The van der Waals surface area contributed by atoms with Crippen molar-refractivity contribution in [1.82, 2.24) is 14.9 Å². The van der Waals surface area contributed by atoms with Crippen LogP contribution in [0.5, 0.6) is 0 Å². The quantitative estimate of drug-likeness (QED) is 0.278. The SMILES string of the molecule is CC#N.O.OCCN(CCc1ccccn1)CCc1ccccn1.[O-][Cl+3]([O-])([O-])[O-].[O-][Cl+3]([O-])([O-])[O-].[Zn+2]. The van der Waals surface area contributed by atoms with Crippen molar-refractivity contribution in [3.63, 3.8) is 0 Å². The number of rotatable bonds is 8. The van der Waals surface area contributed by atoms with Crippen molar-refractivity contribution >= 4 is 0 Å². The molecule has 35 heavy (non-hydrogen) atoms. The van der Waals surface area contributed by atoms with Crippen molar-refractivity contribution in [1.29, 1.82) is 5.26 Å². The summed E-state index contributed by atoms with van der Waals surface area (Å²) in [6, 6.07) is 13.7. The van der Waals surface area contributed by atoms with Crippen molar-refractivity contribution in [2.75, 3.05) is 26.2 Å². The Labute approximate surface area is 219 Å². The van der Waals surface area contributed by atoms with Crippen LogP contribution in [0.1, 0.15) is 18.3 Å². The van der Waals surface area contributed by atoms with Crippen molar-refractivity contribution in [3.8, 4) is 6.07 Å². The second-order valence-corrected chi connectivity index (χ2v) is 7.20. The van der Waals surface area contributed by atoms with Gasteiger partial charge in [-0.3, -0.25) is 9.97 Å². The van der Waals surface area contributed by atoms with Gasteiger partial charge in [0.1, 0.15) is 0 Å². The predicted molar refractivity (Wildman–Crippen MR) is 94.3 cm³/mol. The summed E-state index contributed by atoms with van der Waals surface area (Å²) in [6.45, 7) is 4.12. The molecule has 17 heteroatoms. The fourth-order valence-electron chi connectivity index (χ4n) is 2.11. The van der Waals surface area contributed by atoms with Gasteiger partial charge in [-0.05, 0) is 24.3 Å². The Morgan fingerprint density at radius 2 is 1.11 bits per heavy atom. The number of aliphatic hydroxyl groups excluding tert-OH is 1. The van der Waals surface area contributed by atoms with E-state index in [1.807, 2.05) is 48.8 Å². The van der Waals surface area contributed by atoms with Crippen LogP contribution in [0.4, 0.5) is 0 Å². The van der Waals surface area contributed by atoms with Gasteiger partial charge in [-0.15, -0.1) is 20.5 Å². The summed E-state index contributed by atoms with van der Waals surface area (Å²) in [5.41, 5.74) is 2.18. The second-order valence-electron chi connectivity index (χ2n) is 5.69. The molecular formula is C18H26Cl2N4O10Zn. The minimum atomic E-state index is -4.94. The van der Waals surface area contributed by atoms with Gasteiger partial charge in [0.15, 0.2) is 0 Å². The molecule has 2 rings (SSSR count). The summed E-state index contributed by atoms with van der Waals surface area (Å²) >= 11 is 0. The van der Waals surface area contributed by atoms with Crippen LogP contribution in [0.3, 0.4) is 0 Å². The molecule has 0 aliphatic carbocycles. The van der Waals surface area contributed by atoms with E-state index in [0.717, 1.165) is 37.3 Å². The monoisotopic (exact) mass is 592 g/mol. The summed E-state index contributed by atoms with van der Waals surface area (Å²) in [5.74, 6) is 0. The summed E-state index contributed by atoms with van der Waals surface area (Å²) < 4.78 is 67.9. The normalized spacial score (nSPS) is 9.89. The molecule has 194 valence electrons. The molecule has 0 fully saturated rings. The van der Waals surface area contributed by atoms with E-state index in [0.29, 0.717) is 6.54 Å². The predicted octanol–water partition coefficient (Wildman–Crippen LogP) is -8.25. The zero-order valence-corrected chi connectivity index (χ0v) is 23.3. The Hall–Kier alpha value is -1.45. The molecule has 0 saturated carbocycles. The number of nitriles is 1. The summed E-state index contributed by atoms with van der Waals surface area (Å²) in [5, 5.41) is 16.5. The van der Waals surface area contributed by atoms with Crippen LogP contribution in [0.25, 0.3) is 0 Å². The Kier molecular flexibility index (Phi) is 28.2. The number of nitrogens with zero attached hydrogens (tertiary/aromatic N) is 4. The van der Waals surface area contributed by atoms with E-state index in [2.05, 4.69) is 14.9 Å². The van der Waals surface area contributed by atoms with Crippen LogP contribution in [-0.2, 0) is 32.3 Å². The smallest absolute Gasteiger partial charge is 0.412 e. The Morgan fingerprint density at radius 1 is 0.800 bits per heavy atom. The van der Waals surface area contributed by atoms with Crippen LogP contribution < -0.4 is 37.3 Å². The molecule has 0 aromatic carbocycles. The standard InChI is InChI=1S/C16H21N3O.C2H3N.2ClHO4.H2O.Zn/c20-14-13-19(11-7-15-5-1-3-9-17-15)12-8-16-6-2-4-10-18-16;1-2-3;2*2-1(3,4)5;;/h1-6,9-10,20H,7-8,11-14H2;1H3;2*(H,2,3,4,5);1H2;/q;;;;;+2/p-2. The van der Waals surface area contributed by atoms with Crippen molar-refractivity contribution in [3.05, 3.63) is 60.2 Å². The topological polar surface area (TPSA) is 289 Å². The van der Waals surface area contributed by atoms with Crippen LogP contribution in [0.2, 0.25) is 0 Å². The fraction of sp³-hybridized carbons (Fsp3) is 0.389. The van der Waals surface area contributed by atoms with Crippen molar-refractivity contribution in [2.45, 2.75) is 19.8 Å². The van der Waals surface area contributed by atoms with Gasteiger partial charge in [0, 0.05) is 63.2 Å². The average molecular weight is 595 g/mol. The fourth-order valence-corrected chi connectivity index (χ4v) is 2.11. The van der Waals surface area contributed by atoms with E-state index in [4.69, 9.17) is 47.6 Å². The molecule has 0 atom stereocenters. The third kappa shape index (κ3) is 40.0. The molecule has 0 aliphatic rings. The number of aliphatic hydroxyl groups is 1. The van der Waals surface area contributed by atoms with Crippen molar-refractivity contribution in [2.24, 2.45) is 0 Å². The first-order chi connectivity index (χ1) is 15.3. The first kappa shape index (κ1) is 40.7. The number of aromatic nitrogens is 2. The molecule has 0 spiro atoms. The maximum absolute atomic E-state index is 9.16. The largest absolute Gasteiger partial charge is 2.00 e. The first-order valence-corrected chi connectivity index (χ1v) is 11.4.